The average molecular weight is 563 g/mol. The first-order valence-electron chi connectivity index (χ1n) is 14.5. The Morgan fingerprint density at radius 1 is 1.15 bits per heavy atom. The van der Waals surface area contributed by atoms with Gasteiger partial charge < -0.3 is 30.4 Å². The molecule has 1 unspecified atom stereocenters. The number of benzene rings is 1. The molecule has 3 aromatic heterocycles. The summed E-state index contributed by atoms with van der Waals surface area (Å²) >= 11 is 0. The minimum Gasteiger partial charge on any atom is -0.480 e. The Bertz CT molecular complexity index is 1590. The summed E-state index contributed by atoms with van der Waals surface area (Å²) in [5.41, 5.74) is 10.0. The standard InChI is InChI=1S/C29H38N8O4/c1-14-36(17-9-15(10-17)5-8-21-33-18-7-6-16(29(2,3)4)11-19(18)34-21)12-20-24(40-14)23(38)27(41-20)37-26-22(35-28(37)39)25(30)31-13-32-26/h6-7,11,13-15,17,20,23-24,27,38H,5,8-10,12H2,1-4H3,(H,33,34)(H,35,39)(H2,30,31,32)/t14?,15?,17?,20-,23-,24-,27-/m1/s1. The van der Waals surface area contributed by atoms with E-state index in [1.807, 2.05) is 6.92 Å². The van der Waals surface area contributed by atoms with Crippen molar-refractivity contribution in [1.82, 2.24) is 34.4 Å². The molecule has 2 saturated heterocycles. The van der Waals surface area contributed by atoms with E-state index in [9.17, 15) is 10.2 Å². The minimum atomic E-state index is -0.999. The number of aromatic hydroxyl groups is 1. The number of nitrogens with one attached hydrogen (secondary N) is 1. The number of nitrogens with two attached hydrogens (primary N) is 1. The van der Waals surface area contributed by atoms with Gasteiger partial charge in [0.2, 0.25) is 0 Å². The van der Waals surface area contributed by atoms with E-state index in [1.165, 1.54) is 16.5 Å². The molecular weight excluding hydrogens is 524 g/mol. The van der Waals surface area contributed by atoms with Gasteiger partial charge in [-0.3, -0.25) is 4.90 Å². The molecule has 3 aliphatic rings. The number of aromatic nitrogens is 6. The highest BCUT2D eigenvalue weighted by molar-refractivity contribution is 5.82. The van der Waals surface area contributed by atoms with E-state index >= 15 is 0 Å². The van der Waals surface area contributed by atoms with Crippen molar-refractivity contribution in [1.29, 1.82) is 0 Å². The van der Waals surface area contributed by atoms with Gasteiger partial charge in [0.25, 0.3) is 6.01 Å². The lowest BCUT2D eigenvalue weighted by Crippen LogP contribution is -2.59. The Morgan fingerprint density at radius 3 is 2.73 bits per heavy atom. The van der Waals surface area contributed by atoms with Crippen LogP contribution in [0.3, 0.4) is 0 Å². The van der Waals surface area contributed by atoms with Crippen LogP contribution in [-0.2, 0) is 21.3 Å². The predicted molar refractivity (Wildman–Crippen MR) is 152 cm³/mol. The van der Waals surface area contributed by atoms with Gasteiger partial charge in [0, 0.05) is 19.0 Å². The zero-order valence-corrected chi connectivity index (χ0v) is 23.9. The molecule has 4 aromatic rings. The number of imidazole rings is 2. The third kappa shape index (κ3) is 4.53. The van der Waals surface area contributed by atoms with Crippen molar-refractivity contribution >= 4 is 28.0 Å². The molecule has 3 fully saturated rings. The van der Waals surface area contributed by atoms with E-state index in [0.717, 1.165) is 42.5 Å². The lowest BCUT2D eigenvalue weighted by molar-refractivity contribution is -0.199. The highest BCUT2D eigenvalue weighted by atomic mass is 16.6. The SMILES string of the molecule is CC1O[C@H]2[C@@H](O)[C@H](n3c(O)nc4c(N)ncnc43)O[C@@H]2CN1C1CC(CCc2nc3cc(C(C)(C)C)ccc3[nH]2)C1. The zero-order valence-electron chi connectivity index (χ0n) is 23.9. The molecular formula is C29H38N8O4. The molecule has 0 radical (unpaired) electrons. The molecule has 12 nitrogen and oxygen atoms in total. The molecule has 41 heavy (non-hydrogen) atoms. The smallest absolute Gasteiger partial charge is 0.298 e. The summed E-state index contributed by atoms with van der Waals surface area (Å²) in [6.07, 6.45) is 2.58. The van der Waals surface area contributed by atoms with E-state index in [1.54, 1.807) is 0 Å². The molecule has 1 aliphatic carbocycles. The zero-order chi connectivity index (χ0) is 28.6. The van der Waals surface area contributed by atoms with Crippen molar-refractivity contribution in [3.63, 3.8) is 0 Å². The molecule has 12 heteroatoms. The van der Waals surface area contributed by atoms with E-state index in [-0.39, 0.29) is 35.1 Å². The van der Waals surface area contributed by atoms with Crippen molar-refractivity contribution in [2.75, 3.05) is 12.3 Å². The first-order valence-corrected chi connectivity index (χ1v) is 14.5. The van der Waals surface area contributed by atoms with Crippen molar-refractivity contribution in [3.05, 3.63) is 35.9 Å². The van der Waals surface area contributed by atoms with Gasteiger partial charge >= 0.3 is 0 Å². The van der Waals surface area contributed by atoms with Gasteiger partial charge in [-0.15, -0.1) is 0 Å². The fourth-order valence-corrected chi connectivity index (χ4v) is 6.70. The monoisotopic (exact) mass is 562 g/mol. The summed E-state index contributed by atoms with van der Waals surface area (Å²) < 4.78 is 13.9. The summed E-state index contributed by atoms with van der Waals surface area (Å²) in [7, 11) is 0. The number of anilines is 1. The first-order chi connectivity index (χ1) is 19.6. The fourth-order valence-electron chi connectivity index (χ4n) is 6.70. The van der Waals surface area contributed by atoms with E-state index in [0.29, 0.717) is 24.2 Å². The second kappa shape index (κ2) is 9.62. The van der Waals surface area contributed by atoms with Crippen LogP contribution < -0.4 is 5.73 Å². The number of hydrogen-bond donors (Lipinski definition) is 4. The molecule has 7 rings (SSSR count). The lowest BCUT2D eigenvalue weighted by atomic mass is 9.76. The van der Waals surface area contributed by atoms with Crippen LogP contribution in [-0.4, -0.2) is 81.7 Å². The van der Waals surface area contributed by atoms with Crippen molar-refractivity contribution in [2.45, 2.75) is 95.6 Å². The molecule has 1 aromatic carbocycles. The summed E-state index contributed by atoms with van der Waals surface area (Å²) in [5, 5.41) is 21.7. The second-order valence-corrected chi connectivity index (χ2v) is 12.9. The van der Waals surface area contributed by atoms with Gasteiger partial charge in [-0.25, -0.2) is 19.5 Å². The van der Waals surface area contributed by atoms with E-state index < -0.39 is 18.4 Å². The number of fused-ring (bicyclic) bond motifs is 3. The summed E-state index contributed by atoms with van der Waals surface area (Å²) in [6, 6.07) is 6.60. The molecule has 1 saturated carbocycles. The maximum atomic E-state index is 11.1. The number of nitrogen functional groups attached to an aromatic ring is 1. The van der Waals surface area contributed by atoms with Crippen LogP contribution in [0.4, 0.5) is 5.82 Å². The maximum Gasteiger partial charge on any atom is 0.298 e. The van der Waals surface area contributed by atoms with Gasteiger partial charge in [0.15, 0.2) is 23.2 Å². The Kier molecular flexibility index (Phi) is 6.23. The number of hydrogen-bond acceptors (Lipinski definition) is 10. The Morgan fingerprint density at radius 2 is 1.95 bits per heavy atom. The number of rotatable bonds is 5. The summed E-state index contributed by atoms with van der Waals surface area (Å²) in [5.74, 6) is 1.83. The maximum absolute atomic E-state index is 11.1. The van der Waals surface area contributed by atoms with Gasteiger partial charge in [-0.2, -0.15) is 4.98 Å². The molecule has 5 atom stereocenters. The number of aliphatic hydroxyl groups is 1. The average Bonchev–Trinajstić information content (AvgIpc) is 3.55. The number of H-pyrrole nitrogens is 1. The molecule has 0 amide bonds. The third-order valence-electron chi connectivity index (χ3n) is 9.13. The van der Waals surface area contributed by atoms with Crippen LogP contribution in [0, 0.1) is 5.92 Å². The van der Waals surface area contributed by atoms with Gasteiger partial charge in [0.1, 0.15) is 36.7 Å². The quantitative estimate of drug-likeness (QED) is 0.285. The van der Waals surface area contributed by atoms with Crippen molar-refractivity contribution in [2.24, 2.45) is 5.92 Å². The van der Waals surface area contributed by atoms with Crippen LogP contribution in [0.1, 0.15) is 64.6 Å². The Hall–Kier alpha value is -3.32. The molecule has 0 spiro atoms. The van der Waals surface area contributed by atoms with Crippen LogP contribution in [0.25, 0.3) is 22.2 Å². The molecule has 5 N–H and O–H groups in total. The fraction of sp³-hybridized carbons (Fsp3) is 0.586. The van der Waals surface area contributed by atoms with Crippen LogP contribution in [0.5, 0.6) is 6.01 Å². The van der Waals surface area contributed by atoms with Crippen molar-refractivity contribution in [3.8, 4) is 6.01 Å². The van der Waals surface area contributed by atoms with Crippen molar-refractivity contribution < 1.29 is 19.7 Å². The van der Waals surface area contributed by atoms with E-state index in [2.05, 4.69) is 63.8 Å². The van der Waals surface area contributed by atoms with Gasteiger partial charge in [-0.05, 0) is 55.2 Å². The molecule has 2 aliphatic heterocycles. The Labute approximate surface area is 237 Å². The normalized spacial score (nSPS) is 30.6. The third-order valence-corrected chi connectivity index (χ3v) is 9.13. The second-order valence-electron chi connectivity index (χ2n) is 12.9. The van der Waals surface area contributed by atoms with Crippen LogP contribution >= 0.6 is 0 Å². The largest absolute Gasteiger partial charge is 0.480 e. The number of ether oxygens (including phenoxy) is 2. The number of aryl methyl sites for hydroxylation is 1. The summed E-state index contributed by atoms with van der Waals surface area (Å²) in [4.78, 5) is 22.9. The molecule has 218 valence electrons. The number of nitrogens with zero attached hydrogens (tertiary/aromatic N) is 6. The molecule has 5 heterocycles. The van der Waals surface area contributed by atoms with Gasteiger partial charge in [0.05, 0.1) is 11.0 Å². The minimum absolute atomic E-state index is 0.102. The lowest BCUT2D eigenvalue weighted by Gasteiger charge is -2.49. The number of aliphatic hydroxyl groups excluding tert-OH is 1. The highest BCUT2D eigenvalue weighted by Gasteiger charge is 2.52. The van der Waals surface area contributed by atoms with Crippen LogP contribution in [0.2, 0.25) is 0 Å². The van der Waals surface area contributed by atoms with Gasteiger partial charge in [-0.1, -0.05) is 26.8 Å². The topological polar surface area (TPSA) is 160 Å². The number of aromatic amines is 1. The predicted octanol–water partition coefficient (Wildman–Crippen LogP) is 3.00. The first kappa shape index (κ1) is 26.6. The summed E-state index contributed by atoms with van der Waals surface area (Å²) in [6.45, 7) is 9.34. The van der Waals surface area contributed by atoms with Crippen LogP contribution in [0.15, 0.2) is 24.5 Å². The van der Waals surface area contributed by atoms with E-state index in [4.69, 9.17) is 20.2 Å². The molecule has 0 bridgehead atoms. The highest BCUT2D eigenvalue weighted by Crippen LogP contribution is 2.43. The Balaban J connectivity index is 0.972.